The second-order valence-corrected chi connectivity index (χ2v) is 6.18. The first kappa shape index (κ1) is 16.5. The molecule has 0 saturated heterocycles. The van der Waals surface area contributed by atoms with Gasteiger partial charge in [0.05, 0.1) is 31.0 Å². The summed E-state index contributed by atoms with van der Waals surface area (Å²) in [5, 5.41) is 3.90. The molecule has 0 fully saturated rings. The fourth-order valence-electron chi connectivity index (χ4n) is 2.42. The molecule has 0 radical (unpaired) electrons. The molecule has 1 amide bonds. The molecular formula is C18H15IN2O3. The van der Waals surface area contributed by atoms with Gasteiger partial charge in [0.1, 0.15) is 0 Å². The third-order valence-electron chi connectivity index (χ3n) is 3.60. The highest BCUT2D eigenvalue weighted by Crippen LogP contribution is 2.32. The summed E-state index contributed by atoms with van der Waals surface area (Å²) in [4.78, 5) is 17.1. The van der Waals surface area contributed by atoms with Crippen LogP contribution in [0, 0.1) is 3.57 Å². The van der Waals surface area contributed by atoms with Crippen LogP contribution in [0.4, 0.5) is 5.69 Å². The number of benzene rings is 2. The zero-order valence-electron chi connectivity index (χ0n) is 13.2. The molecule has 3 rings (SSSR count). The Morgan fingerprint density at radius 3 is 2.54 bits per heavy atom. The van der Waals surface area contributed by atoms with E-state index in [1.54, 1.807) is 32.5 Å². The Morgan fingerprint density at radius 1 is 1.08 bits per heavy atom. The minimum absolute atomic E-state index is 0.224. The summed E-state index contributed by atoms with van der Waals surface area (Å²) in [6, 6.07) is 13.0. The Kier molecular flexibility index (Phi) is 4.84. The Labute approximate surface area is 153 Å². The third kappa shape index (κ3) is 3.14. The fourth-order valence-corrected chi connectivity index (χ4v) is 3.11. The average molecular weight is 434 g/mol. The van der Waals surface area contributed by atoms with Gasteiger partial charge in [0.25, 0.3) is 5.91 Å². The molecule has 0 spiro atoms. The number of nitrogens with one attached hydrogen (secondary N) is 1. The zero-order valence-corrected chi connectivity index (χ0v) is 15.3. The van der Waals surface area contributed by atoms with Crippen LogP contribution in [0.15, 0.2) is 48.7 Å². The lowest BCUT2D eigenvalue weighted by Crippen LogP contribution is -2.14. The zero-order chi connectivity index (χ0) is 17.1. The van der Waals surface area contributed by atoms with Crippen molar-refractivity contribution in [3.8, 4) is 11.5 Å². The van der Waals surface area contributed by atoms with E-state index in [-0.39, 0.29) is 5.91 Å². The molecule has 1 aromatic heterocycles. The van der Waals surface area contributed by atoms with E-state index in [2.05, 4.69) is 32.9 Å². The Balaban J connectivity index is 1.98. The van der Waals surface area contributed by atoms with Gasteiger partial charge in [-0.2, -0.15) is 0 Å². The minimum atomic E-state index is -0.224. The maximum absolute atomic E-state index is 12.7. The van der Waals surface area contributed by atoms with E-state index < -0.39 is 0 Å². The quantitative estimate of drug-likeness (QED) is 0.629. The highest BCUT2D eigenvalue weighted by Gasteiger charge is 2.16. The number of amides is 1. The van der Waals surface area contributed by atoms with Crippen LogP contribution in [0.25, 0.3) is 10.9 Å². The third-order valence-corrected chi connectivity index (χ3v) is 4.49. The molecule has 0 aliphatic carbocycles. The molecular weight excluding hydrogens is 419 g/mol. The number of nitrogens with zero attached hydrogens (tertiary/aromatic N) is 1. The Hall–Kier alpha value is -2.35. The van der Waals surface area contributed by atoms with Crippen molar-refractivity contribution in [2.45, 2.75) is 0 Å². The number of ether oxygens (including phenoxy) is 2. The van der Waals surface area contributed by atoms with E-state index in [4.69, 9.17) is 9.47 Å². The van der Waals surface area contributed by atoms with Gasteiger partial charge in [-0.15, -0.1) is 0 Å². The van der Waals surface area contributed by atoms with Gasteiger partial charge in [0.15, 0.2) is 11.5 Å². The molecule has 6 heteroatoms. The first-order valence-corrected chi connectivity index (χ1v) is 8.28. The van der Waals surface area contributed by atoms with Crippen LogP contribution >= 0.6 is 22.6 Å². The molecule has 0 aliphatic rings. The van der Waals surface area contributed by atoms with Gasteiger partial charge in [0, 0.05) is 15.2 Å². The Bertz CT molecular complexity index is 907. The summed E-state index contributed by atoms with van der Waals surface area (Å²) in [7, 11) is 3.11. The van der Waals surface area contributed by atoms with Gasteiger partial charge in [-0.05, 0) is 46.9 Å². The molecule has 0 aliphatic heterocycles. The van der Waals surface area contributed by atoms with E-state index in [9.17, 15) is 4.79 Å². The lowest BCUT2D eigenvalue weighted by molar-refractivity contribution is 0.102. The van der Waals surface area contributed by atoms with Crippen LogP contribution in [0.2, 0.25) is 0 Å². The lowest BCUT2D eigenvalue weighted by Gasteiger charge is -2.13. The maximum atomic E-state index is 12.7. The van der Waals surface area contributed by atoms with Crippen molar-refractivity contribution in [1.29, 1.82) is 0 Å². The number of rotatable bonds is 4. The highest BCUT2D eigenvalue weighted by atomic mass is 127. The molecule has 3 aromatic rings. The van der Waals surface area contributed by atoms with Crippen molar-refractivity contribution in [3.63, 3.8) is 0 Å². The van der Waals surface area contributed by atoms with Gasteiger partial charge >= 0.3 is 0 Å². The number of halogens is 1. The first-order valence-electron chi connectivity index (χ1n) is 7.20. The van der Waals surface area contributed by atoms with E-state index in [0.717, 1.165) is 14.5 Å². The van der Waals surface area contributed by atoms with Gasteiger partial charge < -0.3 is 14.8 Å². The number of carbonyl (C=O) groups excluding carboxylic acids is 1. The van der Waals surface area contributed by atoms with E-state index >= 15 is 0 Å². The monoisotopic (exact) mass is 434 g/mol. The predicted molar refractivity (Wildman–Crippen MR) is 102 cm³/mol. The number of pyridine rings is 1. The summed E-state index contributed by atoms with van der Waals surface area (Å²) in [6.45, 7) is 0. The number of hydrogen-bond donors (Lipinski definition) is 1. The number of hydrogen-bond acceptors (Lipinski definition) is 4. The van der Waals surface area contributed by atoms with Crippen molar-refractivity contribution in [2.24, 2.45) is 0 Å². The standard InChI is InChI=1S/C18H15IN2O3/c1-23-15-9-12(13(19)10-16(15)24-2)18(22)21-14-7-3-5-11-6-4-8-20-17(11)14/h3-10H,1-2H3,(H,21,22). The van der Waals surface area contributed by atoms with Crippen LogP contribution in [0.3, 0.4) is 0 Å². The van der Waals surface area contributed by atoms with Crippen LogP contribution in [-0.4, -0.2) is 25.1 Å². The largest absolute Gasteiger partial charge is 0.493 e. The molecule has 0 atom stereocenters. The normalized spacial score (nSPS) is 10.5. The van der Waals surface area contributed by atoms with Crippen molar-refractivity contribution in [3.05, 3.63) is 57.8 Å². The number of para-hydroxylation sites is 1. The summed E-state index contributed by atoms with van der Waals surface area (Å²) >= 11 is 2.11. The number of anilines is 1. The molecule has 0 bridgehead atoms. The van der Waals surface area contributed by atoms with Crippen LogP contribution in [-0.2, 0) is 0 Å². The maximum Gasteiger partial charge on any atom is 0.256 e. The highest BCUT2D eigenvalue weighted by molar-refractivity contribution is 14.1. The van der Waals surface area contributed by atoms with Crippen molar-refractivity contribution < 1.29 is 14.3 Å². The second kappa shape index (κ2) is 7.04. The summed E-state index contributed by atoms with van der Waals surface area (Å²) in [5.74, 6) is 0.878. The minimum Gasteiger partial charge on any atom is -0.493 e. The number of aromatic nitrogens is 1. The topological polar surface area (TPSA) is 60.5 Å². The number of methoxy groups -OCH3 is 2. The number of fused-ring (bicyclic) bond motifs is 1. The van der Waals surface area contributed by atoms with Crippen LogP contribution in [0.5, 0.6) is 11.5 Å². The van der Waals surface area contributed by atoms with Crippen molar-refractivity contribution in [2.75, 3.05) is 19.5 Å². The smallest absolute Gasteiger partial charge is 0.256 e. The van der Waals surface area contributed by atoms with Crippen LogP contribution in [0.1, 0.15) is 10.4 Å². The molecule has 1 N–H and O–H groups in total. The fraction of sp³-hybridized carbons (Fsp3) is 0.111. The summed E-state index contributed by atoms with van der Waals surface area (Å²) in [5.41, 5.74) is 1.94. The number of carbonyl (C=O) groups is 1. The van der Waals surface area contributed by atoms with Gasteiger partial charge in [0.2, 0.25) is 0 Å². The lowest BCUT2D eigenvalue weighted by atomic mass is 10.1. The average Bonchev–Trinajstić information content (AvgIpc) is 2.61. The predicted octanol–water partition coefficient (Wildman–Crippen LogP) is 4.11. The van der Waals surface area contributed by atoms with E-state index in [1.807, 2.05) is 30.3 Å². The van der Waals surface area contributed by atoms with E-state index in [1.165, 1.54) is 0 Å². The van der Waals surface area contributed by atoms with Gasteiger partial charge in [-0.25, -0.2) is 0 Å². The molecule has 5 nitrogen and oxygen atoms in total. The van der Waals surface area contributed by atoms with Crippen molar-refractivity contribution >= 4 is 45.1 Å². The van der Waals surface area contributed by atoms with E-state index in [0.29, 0.717) is 22.7 Å². The second-order valence-electron chi connectivity index (χ2n) is 5.02. The SMILES string of the molecule is COc1cc(I)c(C(=O)Nc2cccc3cccnc23)cc1OC. The molecule has 0 saturated carbocycles. The van der Waals surface area contributed by atoms with Gasteiger partial charge in [-0.3, -0.25) is 9.78 Å². The Morgan fingerprint density at radius 2 is 1.79 bits per heavy atom. The molecule has 0 unspecified atom stereocenters. The first-order chi connectivity index (χ1) is 11.6. The summed E-state index contributed by atoms with van der Waals surface area (Å²) < 4.78 is 11.3. The molecule has 1 heterocycles. The molecule has 122 valence electrons. The molecule has 24 heavy (non-hydrogen) atoms. The van der Waals surface area contributed by atoms with Crippen molar-refractivity contribution in [1.82, 2.24) is 4.98 Å². The molecule has 2 aromatic carbocycles. The van der Waals surface area contributed by atoms with Crippen LogP contribution < -0.4 is 14.8 Å². The van der Waals surface area contributed by atoms with Gasteiger partial charge in [-0.1, -0.05) is 18.2 Å². The summed E-state index contributed by atoms with van der Waals surface area (Å²) in [6.07, 6.45) is 1.71.